The highest BCUT2D eigenvalue weighted by atomic mass is 16.2. The molecule has 4 aromatic rings. The number of piperidine rings is 1. The first-order valence-corrected chi connectivity index (χ1v) is 13.7. The highest BCUT2D eigenvalue weighted by Crippen LogP contribution is 2.31. The molecule has 202 valence electrons. The first-order chi connectivity index (χ1) is 19.6. The van der Waals surface area contributed by atoms with E-state index < -0.39 is 0 Å². The van der Waals surface area contributed by atoms with Gasteiger partial charge in [0.15, 0.2) is 0 Å². The Balaban J connectivity index is 1.32. The molecule has 0 saturated carbocycles. The fourth-order valence-corrected chi connectivity index (χ4v) is 5.06. The number of carbonyl (C=O) groups is 2. The average Bonchev–Trinajstić information content (AvgIpc) is 3.00. The van der Waals surface area contributed by atoms with E-state index in [-0.39, 0.29) is 17.9 Å². The summed E-state index contributed by atoms with van der Waals surface area (Å²) >= 11 is 0. The topological polar surface area (TPSA) is 87.2 Å². The molecule has 1 fully saturated rings. The number of aryl methyl sites for hydroxylation is 1. The summed E-state index contributed by atoms with van der Waals surface area (Å²) in [5, 5.41) is 8.42. The first kappa shape index (κ1) is 27.0. The lowest BCUT2D eigenvalue weighted by molar-refractivity contribution is -0.121. The molecule has 2 aromatic heterocycles. The van der Waals surface area contributed by atoms with E-state index in [1.54, 1.807) is 18.6 Å². The minimum absolute atomic E-state index is 0.000595. The van der Waals surface area contributed by atoms with Crippen LogP contribution in [-0.2, 0) is 11.3 Å². The Bertz CT molecular complexity index is 1550. The van der Waals surface area contributed by atoms with Gasteiger partial charge in [-0.3, -0.25) is 19.5 Å². The van der Waals surface area contributed by atoms with Crippen LogP contribution >= 0.6 is 0 Å². The number of amides is 2. The zero-order chi connectivity index (χ0) is 27.7. The fourth-order valence-electron chi connectivity index (χ4n) is 5.06. The number of hydrogen-bond acceptors (Lipinski definition) is 5. The van der Waals surface area contributed by atoms with Gasteiger partial charge in [0, 0.05) is 61.0 Å². The number of nitrogens with one attached hydrogen (secondary N) is 2. The standard InChI is InChI=1S/C33H33N5O2/c1-24-7-4-10-27-16-20-36-32(31(24)27)38(29-12-6-17-35-23-29)33(40)28-11-5-9-25(21-28)8-2-3-13-30(39)37-22-26-14-18-34-19-15-26/h4-5,7,9-11,14-16,18-21,29,35H,3,6,12-13,17,22-23H2,1H3,(H,37,39). The highest BCUT2D eigenvalue weighted by Gasteiger charge is 2.30. The Labute approximate surface area is 235 Å². The third-order valence-corrected chi connectivity index (χ3v) is 7.12. The predicted molar refractivity (Wildman–Crippen MR) is 158 cm³/mol. The Hall–Kier alpha value is -4.54. The van der Waals surface area contributed by atoms with Crippen LogP contribution in [0.5, 0.6) is 0 Å². The largest absolute Gasteiger partial charge is 0.352 e. The van der Waals surface area contributed by atoms with Crippen molar-refractivity contribution in [3.05, 3.63) is 102 Å². The molecule has 2 aromatic carbocycles. The van der Waals surface area contributed by atoms with Crippen LogP contribution in [0, 0.1) is 18.8 Å². The van der Waals surface area contributed by atoms with Crippen molar-refractivity contribution >= 4 is 28.4 Å². The van der Waals surface area contributed by atoms with Crippen molar-refractivity contribution in [2.24, 2.45) is 0 Å². The van der Waals surface area contributed by atoms with Gasteiger partial charge in [0.05, 0.1) is 6.04 Å². The van der Waals surface area contributed by atoms with Gasteiger partial charge in [-0.2, -0.15) is 0 Å². The highest BCUT2D eigenvalue weighted by molar-refractivity contribution is 6.11. The second-order valence-corrected chi connectivity index (χ2v) is 10.00. The second kappa shape index (κ2) is 13.0. The maximum absolute atomic E-state index is 14.1. The molecule has 1 unspecified atom stereocenters. The van der Waals surface area contributed by atoms with Crippen LogP contribution in [0.1, 0.15) is 52.7 Å². The molecule has 1 saturated heterocycles. The van der Waals surface area contributed by atoms with E-state index in [1.807, 2.05) is 53.4 Å². The quantitative estimate of drug-likeness (QED) is 0.335. The molecular formula is C33H33N5O2. The molecule has 1 aliphatic heterocycles. The van der Waals surface area contributed by atoms with Gasteiger partial charge in [0.1, 0.15) is 5.82 Å². The Morgan fingerprint density at radius 2 is 1.93 bits per heavy atom. The van der Waals surface area contributed by atoms with Crippen molar-refractivity contribution < 1.29 is 9.59 Å². The lowest BCUT2D eigenvalue weighted by atomic mass is 10.0. The summed E-state index contributed by atoms with van der Waals surface area (Å²) < 4.78 is 0. The SMILES string of the molecule is Cc1cccc2ccnc(N(C(=O)c3cccc(C#CCCC(=O)NCc4ccncc4)c3)C3CCCNC3)c12. The van der Waals surface area contributed by atoms with E-state index in [1.165, 1.54) is 0 Å². The summed E-state index contributed by atoms with van der Waals surface area (Å²) in [7, 11) is 0. The van der Waals surface area contributed by atoms with Crippen LogP contribution in [0.2, 0.25) is 0 Å². The van der Waals surface area contributed by atoms with Gasteiger partial charge in [-0.05, 0) is 79.2 Å². The molecule has 1 aliphatic rings. The zero-order valence-corrected chi connectivity index (χ0v) is 22.7. The van der Waals surface area contributed by atoms with Crippen LogP contribution in [0.4, 0.5) is 5.82 Å². The maximum atomic E-state index is 14.1. The van der Waals surface area contributed by atoms with E-state index in [2.05, 4.69) is 46.5 Å². The molecule has 0 radical (unpaired) electrons. The molecule has 7 heteroatoms. The Morgan fingerprint density at radius 1 is 1.07 bits per heavy atom. The summed E-state index contributed by atoms with van der Waals surface area (Å²) in [4.78, 5) is 36.9. The molecular weight excluding hydrogens is 498 g/mol. The molecule has 3 heterocycles. The van der Waals surface area contributed by atoms with Crippen LogP contribution in [0.25, 0.3) is 10.8 Å². The number of aromatic nitrogens is 2. The number of hydrogen-bond donors (Lipinski definition) is 2. The molecule has 5 rings (SSSR count). The molecule has 7 nitrogen and oxygen atoms in total. The van der Waals surface area contributed by atoms with Gasteiger partial charge < -0.3 is 10.6 Å². The van der Waals surface area contributed by atoms with Crippen LogP contribution in [0.15, 0.2) is 79.3 Å². The number of anilines is 1. The number of carbonyl (C=O) groups excluding carboxylic acids is 2. The number of nitrogens with zero attached hydrogens (tertiary/aromatic N) is 3. The smallest absolute Gasteiger partial charge is 0.259 e. The van der Waals surface area contributed by atoms with Crippen molar-refractivity contribution in [3.63, 3.8) is 0 Å². The number of benzene rings is 2. The first-order valence-electron chi connectivity index (χ1n) is 13.7. The number of pyridine rings is 2. The summed E-state index contributed by atoms with van der Waals surface area (Å²) in [5.41, 5.74) is 3.40. The Kier molecular flexibility index (Phi) is 8.79. The summed E-state index contributed by atoms with van der Waals surface area (Å²) in [6, 6.07) is 19.3. The van der Waals surface area contributed by atoms with E-state index in [4.69, 9.17) is 4.98 Å². The molecule has 0 aliphatic carbocycles. The van der Waals surface area contributed by atoms with Crippen molar-refractivity contribution in [2.45, 2.75) is 45.2 Å². The predicted octanol–water partition coefficient (Wildman–Crippen LogP) is 4.79. The summed E-state index contributed by atoms with van der Waals surface area (Å²) in [6.45, 7) is 4.20. The molecule has 2 N–H and O–H groups in total. The van der Waals surface area contributed by atoms with Crippen molar-refractivity contribution in [3.8, 4) is 11.8 Å². The van der Waals surface area contributed by atoms with Gasteiger partial charge in [-0.15, -0.1) is 0 Å². The van der Waals surface area contributed by atoms with E-state index >= 15 is 0 Å². The summed E-state index contributed by atoms with van der Waals surface area (Å²) in [6.07, 6.45) is 7.84. The second-order valence-electron chi connectivity index (χ2n) is 10.00. The lowest BCUT2D eigenvalue weighted by Gasteiger charge is -2.35. The van der Waals surface area contributed by atoms with Crippen molar-refractivity contribution in [2.75, 3.05) is 18.0 Å². The molecule has 2 amide bonds. The van der Waals surface area contributed by atoms with Crippen LogP contribution < -0.4 is 15.5 Å². The van der Waals surface area contributed by atoms with E-state index in [0.717, 1.165) is 53.4 Å². The normalized spacial score (nSPS) is 14.7. The van der Waals surface area contributed by atoms with Crippen molar-refractivity contribution in [1.82, 2.24) is 20.6 Å². The van der Waals surface area contributed by atoms with Crippen molar-refractivity contribution in [1.29, 1.82) is 0 Å². The van der Waals surface area contributed by atoms with Crippen LogP contribution in [0.3, 0.4) is 0 Å². The minimum Gasteiger partial charge on any atom is -0.352 e. The van der Waals surface area contributed by atoms with Gasteiger partial charge in [0.25, 0.3) is 5.91 Å². The zero-order valence-electron chi connectivity index (χ0n) is 22.7. The van der Waals surface area contributed by atoms with Crippen LogP contribution in [-0.4, -0.2) is 40.9 Å². The lowest BCUT2D eigenvalue weighted by Crippen LogP contribution is -2.49. The van der Waals surface area contributed by atoms with Gasteiger partial charge in [0.2, 0.25) is 5.91 Å². The molecule has 40 heavy (non-hydrogen) atoms. The Morgan fingerprint density at radius 3 is 2.75 bits per heavy atom. The van der Waals surface area contributed by atoms with Gasteiger partial charge in [-0.25, -0.2) is 4.98 Å². The molecule has 0 spiro atoms. The van der Waals surface area contributed by atoms with Gasteiger partial charge in [-0.1, -0.05) is 36.1 Å². The molecule has 0 bridgehead atoms. The fraction of sp³-hybridized carbons (Fsp3) is 0.273. The number of fused-ring (bicyclic) bond motifs is 1. The molecule has 1 atom stereocenters. The number of rotatable bonds is 7. The maximum Gasteiger partial charge on any atom is 0.259 e. The monoisotopic (exact) mass is 531 g/mol. The van der Waals surface area contributed by atoms with Gasteiger partial charge >= 0.3 is 0 Å². The van der Waals surface area contributed by atoms with E-state index in [0.29, 0.717) is 30.8 Å². The van der Waals surface area contributed by atoms with E-state index in [9.17, 15) is 9.59 Å². The third kappa shape index (κ3) is 6.53. The average molecular weight is 532 g/mol. The minimum atomic E-state index is -0.0870. The summed E-state index contributed by atoms with van der Waals surface area (Å²) in [5.74, 6) is 6.77. The third-order valence-electron chi connectivity index (χ3n) is 7.12.